The first-order valence-corrected chi connectivity index (χ1v) is 10.8. The predicted molar refractivity (Wildman–Crippen MR) is 119 cm³/mol. The molecule has 0 unspecified atom stereocenters. The van der Waals surface area contributed by atoms with Crippen molar-refractivity contribution < 1.29 is 9.32 Å². The molecular weight excluding hydrogens is 394 g/mol. The molecule has 152 valence electrons. The van der Waals surface area contributed by atoms with Gasteiger partial charge in [-0.05, 0) is 30.4 Å². The van der Waals surface area contributed by atoms with Gasteiger partial charge in [-0.3, -0.25) is 4.79 Å². The Labute approximate surface area is 180 Å². The second-order valence-corrected chi connectivity index (χ2v) is 8.08. The molecule has 0 saturated carbocycles. The third-order valence-corrected chi connectivity index (χ3v) is 5.76. The van der Waals surface area contributed by atoms with Gasteiger partial charge in [-0.15, -0.1) is 11.3 Å². The second-order valence-electron chi connectivity index (χ2n) is 7.13. The van der Waals surface area contributed by atoms with E-state index in [9.17, 15) is 4.79 Å². The Bertz CT molecular complexity index is 1070. The number of rotatable bonds is 8. The Morgan fingerprint density at radius 3 is 2.47 bits per heavy atom. The van der Waals surface area contributed by atoms with E-state index < -0.39 is 0 Å². The molecule has 2 aromatic heterocycles. The van der Waals surface area contributed by atoms with Gasteiger partial charge in [0.15, 0.2) is 0 Å². The standard InChI is InChI=1S/C24H23N3O2S/c1-18-9-11-20(12-10-18)23-25-22(29-26-23)14-16-27(24(28)21-8-5-17-30-21)15-13-19-6-3-2-4-7-19/h2-12,17H,13-16H2,1H3. The van der Waals surface area contributed by atoms with Gasteiger partial charge in [0.05, 0.1) is 4.88 Å². The van der Waals surface area contributed by atoms with Gasteiger partial charge < -0.3 is 9.42 Å². The third kappa shape index (κ3) is 5.02. The molecule has 2 heterocycles. The average molecular weight is 418 g/mol. The maximum absolute atomic E-state index is 13.0. The molecule has 30 heavy (non-hydrogen) atoms. The van der Waals surface area contributed by atoms with Gasteiger partial charge in [0, 0.05) is 25.1 Å². The Morgan fingerprint density at radius 2 is 1.73 bits per heavy atom. The largest absolute Gasteiger partial charge is 0.339 e. The minimum absolute atomic E-state index is 0.0409. The fraction of sp³-hybridized carbons (Fsp3) is 0.208. The summed E-state index contributed by atoms with van der Waals surface area (Å²) < 4.78 is 5.44. The van der Waals surface area contributed by atoms with Crippen molar-refractivity contribution >= 4 is 17.2 Å². The van der Waals surface area contributed by atoms with Gasteiger partial charge in [-0.2, -0.15) is 4.98 Å². The molecule has 2 aromatic carbocycles. The number of hydrogen-bond donors (Lipinski definition) is 0. The van der Waals surface area contributed by atoms with Gasteiger partial charge in [0.2, 0.25) is 11.7 Å². The number of hydrogen-bond acceptors (Lipinski definition) is 5. The summed E-state index contributed by atoms with van der Waals surface area (Å²) in [5.74, 6) is 1.15. The second kappa shape index (κ2) is 9.50. The van der Waals surface area contributed by atoms with E-state index in [-0.39, 0.29) is 5.91 Å². The Hall–Kier alpha value is -3.25. The highest BCUT2D eigenvalue weighted by Crippen LogP contribution is 2.17. The van der Waals surface area contributed by atoms with Crippen LogP contribution in [0.25, 0.3) is 11.4 Å². The van der Waals surface area contributed by atoms with E-state index in [0.717, 1.165) is 16.9 Å². The smallest absolute Gasteiger partial charge is 0.263 e. The summed E-state index contributed by atoms with van der Waals surface area (Å²) in [5.41, 5.74) is 3.32. The van der Waals surface area contributed by atoms with Crippen molar-refractivity contribution in [1.82, 2.24) is 15.0 Å². The van der Waals surface area contributed by atoms with Crippen molar-refractivity contribution in [2.24, 2.45) is 0 Å². The molecule has 4 rings (SSSR count). The molecule has 0 aliphatic rings. The average Bonchev–Trinajstić information content (AvgIpc) is 3.47. The lowest BCUT2D eigenvalue weighted by molar-refractivity contribution is 0.0761. The first-order chi connectivity index (χ1) is 14.7. The number of thiophene rings is 1. The number of amides is 1. The molecule has 0 saturated heterocycles. The van der Waals surface area contributed by atoms with E-state index in [2.05, 4.69) is 22.3 Å². The first-order valence-electron chi connectivity index (χ1n) is 9.95. The summed E-state index contributed by atoms with van der Waals surface area (Å²) in [4.78, 5) is 20.1. The summed E-state index contributed by atoms with van der Waals surface area (Å²) >= 11 is 1.46. The number of aryl methyl sites for hydroxylation is 1. The van der Waals surface area contributed by atoms with Crippen molar-refractivity contribution in [2.45, 2.75) is 19.8 Å². The van der Waals surface area contributed by atoms with Crippen LogP contribution < -0.4 is 0 Å². The molecule has 0 aliphatic heterocycles. The third-order valence-electron chi connectivity index (χ3n) is 4.91. The number of carbonyl (C=O) groups is 1. The Kier molecular flexibility index (Phi) is 6.35. The van der Waals surface area contributed by atoms with Gasteiger partial charge in [0.1, 0.15) is 0 Å². The molecule has 4 aromatic rings. The molecule has 0 fully saturated rings. The fourth-order valence-electron chi connectivity index (χ4n) is 3.19. The monoisotopic (exact) mass is 417 g/mol. The van der Waals surface area contributed by atoms with Crippen LogP contribution in [-0.4, -0.2) is 34.0 Å². The van der Waals surface area contributed by atoms with Gasteiger partial charge in [0.25, 0.3) is 5.91 Å². The Balaban J connectivity index is 1.43. The SMILES string of the molecule is Cc1ccc(-c2noc(CCN(CCc3ccccc3)C(=O)c3cccs3)n2)cc1. The molecule has 6 heteroatoms. The van der Waals surface area contributed by atoms with E-state index in [0.29, 0.717) is 31.2 Å². The van der Waals surface area contributed by atoms with Crippen LogP contribution in [0.15, 0.2) is 76.6 Å². The van der Waals surface area contributed by atoms with Gasteiger partial charge in [-0.25, -0.2) is 0 Å². The van der Waals surface area contributed by atoms with Crippen molar-refractivity contribution in [2.75, 3.05) is 13.1 Å². The highest BCUT2D eigenvalue weighted by molar-refractivity contribution is 7.12. The lowest BCUT2D eigenvalue weighted by Gasteiger charge is -2.21. The van der Waals surface area contributed by atoms with Crippen molar-refractivity contribution in [3.05, 3.63) is 94.0 Å². The van der Waals surface area contributed by atoms with Gasteiger partial charge in [-0.1, -0.05) is 71.4 Å². The zero-order valence-corrected chi connectivity index (χ0v) is 17.6. The fourth-order valence-corrected chi connectivity index (χ4v) is 3.88. The Morgan fingerprint density at radius 1 is 0.967 bits per heavy atom. The number of aromatic nitrogens is 2. The molecule has 0 bridgehead atoms. The summed E-state index contributed by atoms with van der Waals surface area (Å²) in [7, 11) is 0. The van der Waals surface area contributed by atoms with Crippen LogP contribution in [0.5, 0.6) is 0 Å². The van der Waals surface area contributed by atoms with Crippen molar-refractivity contribution in [1.29, 1.82) is 0 Å². The van der Waals surface area contributed by atoms with Crippen LogP contribution in [0, 0.1) is 6.92 Å². The highest BCUT2D eigenvalue weighted by atomic mass is 32.1. The maximum atomic E-state index is 13.0. The number of carbonyl (C=O) groups excluding carboxylic acids is 1. The zero-order valence-electron chi connectivity index (χ0n) is 16.8. The van der Waals surface area contributed by atoms with Crippen LogP contribution in [0.3, 0.4) is 0 Å². The van der Waals surface area contributed by atoms with Gasteiger partial charge >= 0.3 is 0 Å². The normalized spacial score (nSPS) is 10.8. The highest BCUT2D eigenvalue weighted by Gasteiger charge is 2.18. The minimum atomic E-state index is 0.0409. The molecule has 0 spiro atoms. The molecule has 0 radical (unpaired) electrons. The minimum Gasteiger partial charge on any atom is -0.339 e. The number of nitrogens with zero attached hydrogens (tertiary/aromatic N) is 3. The summed E-state index contributed by atoms with van der Waals surface area (Å²) in [6.45, 7) is 3.21. The van der Waals surface area contributed by atoms with Crippen molar-refractivity contribution in [3.63, 3.8) is 0 Å². The van der Waals surface area contributed by atoms with E-state index in [1.807, 2.05) is 71.8 Å². The van der Waals surface area contributed by atoms with Crippen LogP contribution in [0.1, 0.15) is 26.7 Å². The van der Waals surface area contributed by atoms with E-state index >= 15 is 0 Å². The van der Waals surface area contributed by atoms with E-state index in [4.69, 9.17) is 4.52 Å². The summed E-state index contributed by atoms with van der Waals surface area (Å²) in [6.07, 6.45) is 1.32. The van der Waals surface area contributed by atoms with Crippen LogP contribution in [0.4, 0.5) is 0 Å². The molecule has 5 nitrogen and oxygen atoms in total. The van der Waals surface area contributed by atoms with E-state index in [1.54, 1.807) is 0 Å². The van der Waals surface area contributed by atoms with Crippen LogP contribution in [0.2, 0.25) is 0 Å². The molecule has 1 amide bonds. The summed E-state index contributed by atoms with van der Waals surface area (Å²) in [5, 5.41) is 6.02. The van der Waals surface area contributed by atoms with Crippen molar-refractivity contribution in [3.8, 4) is 11.4 Å². The zero-order chi connectivity index (χ0) is 20.8. The summed E-state index contributed by atoms with van der Waals surface area (Å²) in [6, 6.07) is 22.0. The molecule has 0 atom stereocenters. The molecule has 0 N–H and O–H groups in total. The first kappa shape index (κ1) is 20.0. The topological polar surface area (TPSA) is 59.2 Å². The van der Waals surface area contributed by atoms with E-state index in [1.165, 1.54) is 22.5 Å². The predicted octanol–water partition coefficient (Wildman–Crippen LogP) is 5.03. The lowest BCUT2D eigenvalue weighted by atomic mass is 10.1. The molecule has 0 aliphatic carbocycles. The van der Waals surface area contributed by atoms with Crippen LogP contribution in [-0.2, 0) is 12.8 Å². The van der Waals surface area contributed by atoms with Crippen LogP contribution >= 0.6 is 11.3 Å². The quantitative estimate of drug-likeness (QED) is 0.403. The lowest BCUT2D eigenvalue weighted by Crippen LogP contribution is -2.34. The number of benzene rings is 2. The molecular formula is C24H23N3O2S. The maximum Gasteiger partial charge on any atom is 0.263 e.